The molecule has 2 aromatic rings. The van der Waals surface area contributed by atoms with Gasteiger partial charge in [0.1, 0.15) is 16.6 Å². The van der Waals surface area contributed by atoms with Gasteiger partial charge in [-0.05, 0) is 37.2 Å². The number of hydrazone groups is 1. The first-order chi connectivity index (χ1) is 14.7. The summed E-state index contributed by atoms with van der Waals surface area (Å²) in [6.45, 7) is 1.85. The van der Waals surface area contributed by atoms with Crippen LogP contribution < -0.4 is 10.5 Å². The maximum atomic E-state index is 14.6. The van der Waals surface area contributed by atoms with Crippen LogP contribution in [0, 0.1) is 11.7 Å². The zero-order valence-corrected chi connectivity index (χ0v) is 17.3. The summed E-state index contributed by atoms with van der Waals surface area (Å²) in [5.41, 5.74) is 5.14. The third kappa shape index (κ3) is 3.57. The number of carbonyl (C=O) groups excluding carboxylic acids is 1. The van der Waals surface area contributed by atoms with Crippen LogP contribution in [0.4, 0.5) is 17.6 Å². The number of hydrogen-bond acceptors (Lipinski definition) is 5. The molecule has 0 radical (unpaired) electrons. The number of ether oxygens (including phenoxy) is 1. The Kier molecular flexibility index (Phi) is 5.47. The first-order valence-corrected chi connectivity index (χ1v) is 10.4. The first-order valence-electron chi connectivity index (χ1n) is 9.56. The Hall–Kier alpha value is -2.59. The number of thioether (sulfide) groups is 1. The molecule has 4 rings (SSSR count). The van der Waals surface area contributed by atoms with Gasteiger partial charge in [-0.15, -0.1) is 0 Å². The van der Waals surface area contributed by atoms with Crippen LogP contribution >= 0.6 is 11.8 Å². The number of amides is 1. The van der Waals surface area contributed by atoms with Crippen molar-refractivity contribution in [3.05, 3.63) is 65.0 Å². The van der Waals surface area contributed by atoms with Crippen molar-refractivity contribution in [2.24, 2.45) is 16.8 Å². The van der Waals surface area contributed by atoms with Crippen LogP contribution in [0.15, 0.2) is 47.6 Å². The molecule has 2 aromatic carbocycles. The molecule has 1 amide bonds. The van der Waals surface area contributed by atoms with Crippen LogP contribution in [0.1, 0.15) is 30.0 Å². The summed E-state index contributed by atoms with van der Waals surface area (Å²) in [5, 5.41) is 5.54. The molecule has 2 atom stereocenters. The number of nitrogens with zero attached hydrogens (tertiary/aromatic N) is 2. The molecule has 10 heteroatoms. The number of alkyl halides is 3. The van der Waals surface area contributed by atoms with Gasteiger partial charge in [0.05, 0.1) is 12.2 Å². The van der Waals surface area contributed by atoms with Crippen molar-refractivity contribution in [2.45, 2.75) is 24.4 Å². The summed E-state index contributed by atoms with van der Waals surface area (Å²) in [6.07, 6.45) is -4.17. The number of fused-ring (bicyclic) bond motifs is 2. The maximum absolute atomic E-state index is 14.6. The lowest BCUT2D eigenvalue weighted by atomic mass is 9.86. The smallest absolute Gasteiger partial charge is 0.416 e. The molecule has 1 unspecified atom stereocenters. The molecule has 164 valence electrons. The van der Waals surface area contributed by atoms with E-state index >= 15 is 0 Å². The zero-order chi connectivity index (χ0) is 22.4. The van der Waals surface area contributed by atoms with E-state index in [-0.39, 0.29) is 23.1 Å². The van der Waals surface area contributed by atoms with E-state index in [4.69, 9.17) is 10.5 Å². The molecule has 0 aromatic heterocycles. The standard InChI is InChI=1S/C21H19F4N3O2S/c1-12(29)28-20(14(8-9-26)11-30-18-5-3-2-4-16(18)20)31-19(27-28)15-10-13(21(23,24)25)6-7-17(15)22/h2-7,10,14H,8-9,11,26H2,1H3/t14-,20?/m0/s1. The average molecular weight is 453 g/mol. The van der Waals surface area contributed by atoms with Gasteiger partial charge in [0.2, 0.25) is 5.91 Å². The Morgan fingerprint density at radius 2 is 2.06 bits per heavy atom. The molecule has 0 saturated carbocycles. The SMILES string of the molecule is CC(=O)N1N=C(c2cc(C(F)(F)F)ccc2F)SC12c1ccccc1OC[C@@H]2CCN. The highest BCUT2D eigenvalue weighted by molar-refractivity contribution is 8.15. The fourth-order valence-electron chi connectivity index (χ4n) is 3.97. The molecule has 0 bridgehead atoms. The van der Waals surface area contributed by atoms with E-state index in [1.165, 1.54) is 11.9 Å². The van der Waals surface area contributed by atoms with E-state index in [1.807, 2.05) is 0 Å². The third-order valence-corrected chi connectivity index (χ3v) is 6.89. The minimum absolute atomic E-state index is 0.00229. The number of benzene rings is 2. The summed E-state index contributed by atoms with van der Waals surface area (Å²) in [4.78, 5) is 11.5. The van der Waals surface area contributed by atoms with Gasteiger partial charge in [-0.25, -0.2) is 9.40 Å². The van der Waals surface area contributed by atoms with Gasteiger partial charge >= 0.3 is 6.18 Å². The molecule has 2 aliphatic heterocycles. The zero-order valence-electron chi connectivity index (χ0n) is 16.4. The van der Waals surface area contributed by atoms with Gasteiger partial charge in [0.15, 0.2) is 4.87 Å². The van der Waals surface area contributed by atoms with Crippen molar-refractivity contribution in [3.63, 3.8) is 0 Å². The van der Waals surface area contributed by atoms with Crippen LogP contribution in [-0.4, -0.2) is 29.1 Å². The molecular weight excluding hydrogens is 434 g/mol. The van der Waals surface area contributed by atoms with E-state index < -0.39 is 28.3 Å². The lowest BCUT2D eigenvalue weighted by Gasteiger charge is -2.45. The number of para-hydroxylation sites is 1. The summed E-state index contributed by atoms with van der Waals surface area (Å²) >= 11 is 1.06. The summed E-state index contributed by atoms with van der Waals surface area (Å²) < 4.78 is 60.2. The fraction of sp³-hybridized carbons (Fsp3) is 0.333. The predicted octanol–water partition coefficient (Wildman–Crippen LogP) is 4.31. The minimum Gasteiger partial charge on any atom is -0.493 e. The Balaban J connectivity index is 1.88. The topological polar surface area (TPSA) is 67.9 Å². The Bertz CT molecular complexity index is 1060. The summed E-state index contributed by atoms with van der Waals surface area (Å²) in [7, 11) is 0. The molecule has 5 nitrogen and oxygen atoms in total. The van der Waals surface area contributed by atoms with Crippen LogP contribution in [0.2, 0.25) is 0 Å². The number of hydrogen-bond donors (Lipinski definition) is 1. The number of nitrogens with two attached hydrogens (primary N) is 1. The minimum atomic E-state index is -4.64. The Labute approximate surface area is 180 Å². The van der Waals surface area contributed by atoms with Crippen LogP contribution in [-0.2, 0) is 15.8 Å². The average Bonchev–Trinajstić information content (AvgIpc) is 3.11. The molecule has 31 heavy (non-hydrogen) atoms. The quantitative estimate of drug-likeness (QED) is 0.704. The molecule has 0 fully saturated rings. The molecule has 0 aliphatic carbocycles. The van der Waals surface area contributed by atoms with Crippen LogP contribution in [0.3, 0.4) is 0 Å². The Morgan fingerprint density at radius 1 is 1.32 bits per heavy atom. The van der Waals surface area contributed by atoms with Crippen LogP contribution in [0.25, 0.3) is 0 Å². The monoisotopic (exact) mass is 453 g/mol. The maximum Gasteiger partial charge on any atom is 0.416 e. The molecular formula is C21H19F4N3O2S. The van der Waals surface area contributed by atoms with E-state index in [0.29, 0.717) is 30.3 Å². The second-order valence-corrected chi connectivity index (χ2v) is 8.52. The van der Waals surface area contributed by atoms with Crippen molar-refractivity contribution in [2.75, 3.05) is 13.2 Å². The Morgan fingerprint density at radius 3 is 2.74 bits per heavy atom. The second-order valence-electron chi connectivity index (χ2n) is 7.31. The number of rotatable bonds is 3. The van der Waals surface area contributed by atoms with Gasteiger partial charge in [-0.3, -0.25) is 4.79 Å². The molecule has 2 aliphatic rings. The van der Waals surface area contributed by atoms with E-state index in [9.17, 15) is 22.4 Å². The lowest BCUT2D eigenvalue weighted by molar-refractivity contribution is -0.137. The van der Waals surface area contributed by atoms with Gasteiger partial charge in [-0.1, -0.05) is 30.0 Å². The van der Waals surface area contributed by atoms with Gasteiger partial charge in [0.25, 0.3) is 0 Å². The van der Waals surface area contributed by atoms with Crippen molar-refractivity contribution >= 4 is 22.7 Å². The highest BCUT2D eigenvalue weighted by Crippen LogP contribution is 2.57. The van der Waals surface area contributed by atoms with Crippen molar-refractivity contribution in [1.29, 1.82) is 0 Å². The first kappa shape index (κ1) is 21.6. The van der Waals surface area contributed by atoms with E-state index in [2.05, 4.69) is 5.10 Å². The summed E-state index contributed by atoms with van der Waals surface area (Å²) in [6, 6.07) is 9.25. The van der Waals surface area contributed by atoms with Gasteiger partial charge < -0.3 is 10.5 Å². The number of halogens is 4. The largest absolute Gasteiger partial charge is 0.493 e. The predicted molar refractivity (Wildman–Crippen MR) is 109 cm³/mol. The van der Waals surface area contributed by atoms with Crippen LogP contribution in [0.5, 0.6) is 5.75 Å². The van der Waals surface area contributed by atoms with E-state index in [1.54, 1.807) is 24.3 Å². The second kappa shape index (κ2) is 7.83. The lowest BCUT2D eigenvalue weighted by Crippen LogP contribution is -2.51. The molecule has 2 heterocycles. The fourth-order valence-corrected chi connectivity index (χ4v) is 5.54. The van der Waals surface area contributed by atoms with E-state index in [0.717, 1.165) is 23.9 Å². The molecule has 2 N–H and O–H groups in total. The highest BCUT2D eigenvalue weighted by atomic mass is 32.2. The van der Waals surface area contributed by atoms with Crippen molar-refractivity contribution in [3.8, 4) is 5.75 Å². The summed E-state index contributed by atoms with van der Waals surface area (Å²) in [5.74, 6) is -1.05. The molecule has 0 saturated heterocycles. The highest BCUT2D eigenvalue weighted by Gasteiger charge is 2.56. The van der Waals surface area contributed by atoms with Gasteiger partial charge in [0, 0.05) is 24.0 Å². The normalized spacial score (nSPS) is 22.8. The van der Waals surface area contributed by atoms with Crippen molar-refractivity contribution in [1.82, 2.24) is 5.01 Å². The third-order valence-electron chi connectivity index (χ3n) is 5.36. The van der Waals surface area contributed by atoms with Crippen molar-refractivity contribution < 1.29 is 27.1 Å². The molecule has 1 spiro atoms. The van der Waals surface area contributed by atoms with Gasteiger partial charge in [-0.2, -0.15) is 18.3 Å². The number of carbonyl (C=O) groups is 1.